The Kier molecular flexibility index (Phi) is 7.59. The maximum atomic E-state index is 12.2. The second kappa shape index (κ2) is 9.96. The first-order chi connectivity index (χ1) is 11.6. The van der Waals surface area contributed by atoms with Gasteiger partial charge in [-0.05, 0) is 56.7 Å². The highest BCUT2D eigenvalue weighted by Crippen LogP contribution is 2.24. The summed E-state index contributed by atoms with van der Waals surface area (Å²) < 4.78 is 5.93. The summed E-state index contributed by atoms with van der Waals surface area (Å²) in [6.07, 6.45) is 8.51. The van der Waals surface area contributed by atoms with Gasteiger partial charge in [-0.3, -0.25) is 9.59 Å². The van der Waals surface area contributed by atoms with Crippen LogP contribution in [0.2, 0.25) is 0 Å². The Morgan fingerprint density at radius 1 is 1.12 bits per heavy atom. The van der Waals surface area contributed by atoms with Gasteiger partial charge in [0.25, 0.3) is 5.91 Å². The summed E-state index contributed by atoms with van der Waals surface area (Å²) in [5.41, 5.74) is 0.622. The smallest absolute Gasteiger partial charge is 0.303 e. The van der Waals surface area contributed by atoms with Crippen molar-refractivity contribution in [3.05, 3.63) is 29.8 Å². The molecule has 5 nitrogen and oxygen atoms in total. The minimum Gasteiger partial charge on any atom is -0.490 e. The molecule has 0 unspecified atom stereocenters. The van der Waals surface area contributed by atoms with E-state index in [1.165, 1.54) is 12.8 Å². The van der Waals surface area contributed by atoms with Crippen molar-refractivity contribution >= 4 is 11.9 Å². The van der Waals surface area contributed by atoms with Crippen molar-refractivity contribution in [2.75, 3.05) is 6.54 Å². The summed E-state index contributed by atoms with van der Waals surface area (Å²) in [5.74, 6) is -0.0661. The van der Waals surface area contributed by atoms with Crippen LogP contribution in [0.5, 0.6) is 5.75 Å². The second-order valence-corrected chi connectivity index (χ2v) is 6.37. The summed E-state index contributed by atoms with van der Waals surface area (Å²) in [5, 5.41) is 11.5. The lowest BCUT2D eigenvalue weighted by atomic mass is 10.1. The number of carbonyl (C=O) groups excluding carboxylic acids is 1. The largest absolute Gasteiger partial charge is 0.490 e. The average Bonchev–Trinajstić information content (AvgIpc) is 3.06. The number of benzene rings is 1. The van der Waals surface area contributed by atoms with Crippen molar-refractivity contribution in [2.24, 2.45) is 0 Å². The Labute approximate surface area is 143 Å². The van der Waals surface area contributed by atoms with Crippen molar-refractivity contribution in [3.8, 4) is 5.75 Å². The zero-order valence-electron chi connectivity index (χ0n) is 14.1. The first-order valence-electron chi connectivity index (χ1n) is 8.92. The van der Waals surface area contributed by atoms with Crippen molar-refractivity contribution in [3.63, 3.8) is 0 Å². The summed E-state index contributed by atoms with van der Waals surface area (Å²) in [4.78, 5) is 22.6. The Hall–Kier alpha value is -2.04. The number of hydrogen-bond donors (Lipinski definition) is 2. The predicted molar refractivity (Wildman–Crippen MR) is 92.4 cm³/mol. The first-order valence-corrected chi connectivity index (χ1v) is 8.92. The first kappa shape index (κ1) is 18.3. The lowest BCUT2D eigenvalue weighted by Crippen LogP contribution is -2.24. The van der Waals surface area contributed by atoms with E-state index in [0.717, 1.165) is 37.9 Å². The Morgan fingerprint density at radius 3 is 2.62 bits per heavy atom. The number of aliphatic carboxylic acids is 1. The predicted octanol–water partition coefficient (Wildman–Crippen LogP) is 3.77. The van der Waals surface area contributed by atoms with E-state index in [4.69, 9.17) is 9.84 Å². The molecular formula is C19H27NO4. The lowest BCUT2D eigenvalue weighted by Gasteiger charge is -2.13. The van der Waals surface area contributed by atoms with Gasteiger partial charge in [0.1, 0.15) is 5.75 Å². The van der Waals surface area contributed by atoms with Crippen LogP contribution < -0.4 is 10.1 Å². The van der Waals surface area contributed by atoms with Crippen LogP contribution in [0.3, 0.4) is 0 Å². The number of carbonyl (C=O) groups is 2. The molecule has 1 amide bonds. The third-order valence-electron chi connectivity index (χ3n) is 4.30. The fraction of sp³-hybridized carbons (Fsp3) is 0.579. The summed E-state index contributed by atoms with van der Waals surface area (Å²) >= 11 is 0. The zero-order chi connectivity index (χ0) is 17.2. The number of amides is 1. The van der Waals surface area contributed by atoms with Gasteiger partial charge in [0.05, 0.1) is 6.10 Å². The zero-order valence-corrected chi connectivity index (χ0v) is 14.1. The molecule has 24 heavy (non-hydrogen) atoms. The Balaban J connectivity index is 1.67. The normalized spacial score (nSPS) is 14.5. The van der Waals surface area contributed by atoms with Crippen LogP contribution in [0.25, 0.3) is 0 Å². The molecule has 2 N–H and O–H groups in total. The van der Waals surface area contributed by atoms with E-state index in [2.05, 4.69) is 5.32 Å². The van der Waals surface area contributed by atoms with Gasteiger partial charge in [0, 0.05) is 18.5 Å². The van der Waals surface area contributed by atoms with E-state index in [1.807, 2.05) is 12.1 Å². The number of carboxylic acids is 1. The molecule has 0 saturated heterocycles. The topological polar surface area (TPSA) is 75.6 Å². The molecule has 132 valence electrons. The summed E-state index contributed by atoms with van der Waals surface area (Å²) in [6, 6.07) is 7.35. The average molecular weight is 333 g/mol. The molecule has 0 heterocycles. The van der Waals surface area contributed by atoms with Gasteiger partial charge in [0.15, 0.2) is 0 Å². The van der Waals surface area contributed by atoms with Crippen LogP contribution in [0.15, 0.2) is 24.3 Å². The molecular weight excluding hydrogens is 306 g/mol. The number of ether oxygens (including phenoxy) is 1. The fourth-order valence-corrected chi connectivity index (χ4v) is 2.97. The highest BCUT2D eigenvalue weighted by atomic mass is 16.5. The van der Waals surface area contributed by atoms with Crippen molar-refractivity contribution in [1.29, 1.82) is 0 Å². The van der Waals surface area contributed by atoms with Crippen molar-refractivity contribution < 1.29 is 19.4 Å². The number of hydrogen-bond acceptors (Lipinski definition) is 3. The summed E-state index contributed by atoms with van der Waals surface area (Å²) in [7, 11) is 0. The van der Waals surface area contributed by atoms with Crippen molar-refractivity contribution in [2.45, 2.75) is 63.9 Å². The van der Waals surface area contributed by atoms with Crippen LogP contribution in [0.4, 0.5) is 0 Å². The Morgan fingerprint density at radius 2 is 1.88 bits per heavy atom. The molecule has 0 bridgehead atoms. The number of unbranched alkanes of at least 4 members (excludes halogenated alkanes) is 3. The second-order valence-electron chi connectivity index (χ2n) is 6.37. The maximum Gasteiger partial charge on any atom is 0.303 e. The molecule has 0 aliphatic heterocycles. The molecule has 0 spiro atoms. The third-order valence-corrected chi connectivity index (χ3v) is 4.30. The molecule has 0 atom stereocenters. The quantitative estimate of drug-likeness (QED) is 0.639. The van der Waals surface area contributed by atoms with E-state index in [-0.39, 0.29) is 18.4 Å². The van der Waals surface area contributed by atoms with Crippen LogP contribution in [0, 0.1) is 0 Å². The minimum atomic E-state index is -0.747. The van der Waals surface area contributed by atoms with Crippen LogP contribution >= 0.6 is 0 Å². The van der Waals surface area contributed by atoms with Gasteiger partial charge < -0.3 is 15.2 Å². The number of nitrogens with one attached hydrogen (secondary N) is 1. The van der Waals surface area contributed by atoms with Gasteiger partial charge in [-0.1, -0.05) is 18.9 Å². The van der Waals surface area contributed by atoms with Crippen LogP contribution in [-0.4, -0.2) is 29.6 Å². The molecule has 5 heteroatoms. The Bertz CT molecular complexity index is 538. The lowest BCUT2D eigenvalue weighted by molar-refractivity contribution is -0.137. The fourth-order valence-electron chi connectivity index (χ4n) is 2.97. The molecule has 1 aliphatic carbocycles. The molecule has 1 aliphatic rings. The van der Waals surface area contributed by atoms with Gasteiger partial charge in [-0.2, -0.15) is 0 Å². The molecule has 1 aromatic carbocycles. The molecule has 1 saturated carbocycles. The van der Waals surface area contributed by atoms with E-state index in [0.29, 0.717) is 18.5 Å². The van der Waals surface area contributed by atoms with Crippen LogP contribution in [-0.2, 0) is 4.79 Å². The van der Waals surface area contributed by atoms with E-state index >= 15 is 0 Å². The summed E-state index contributed by atoms with van der Waals surface area (Å²) in [6.45, 7) is 0.611. The number of carboxylic acid groups (broad SMARTS) is 1. The SMILES string of the molecule is O=C(O)CCCCCCNC(=O)c1cccc(OC2CCCC2)c1. The third kappa shape index (κ3) is 6.60. The van der Waals surface area contributed by atoms with Gasteiger partial charge in [-0.15, -0.1) is 0 Å². The van der Waals surface area contributed by atoms with E-state index < -0.39 is 5.97 Å². The number of rotatable bonds is 10. The molecule has 2 rings (SSSR count). The molecule has 1 fully saturated rings. The monoisotopic (exact) mass is 333 g/mol. The van der Waals surface area contributed by atoms with Gasteiger partial charge in [-0.25, -0.2) is 0 Å². The standard InChI is InChI=1S/C19H27NO4/c21-18(22)12-3-1-2-6-13-20-19(23)15-8-7-11-17(14-15)24-16-9-4-5-10-16/h7-8,11,14,16H,1-6,9-10,12-13H2,(H,20,23)(H,21,22). The maximum absolute atomic E-state index is 12.2. The molecule has 0 aromatic heterocycles. The van der Waals surface area contributed by atoms with Gasteiger partial charge >= 0.3 is 5.97 Å². The van der Waals surface area contributed by atoms with Crippen molar-refractivity contribution in [1.82, 2.24) is 5.32 Å². The van der Waals surface area contributed by atoms with E-state index in [1.54, 1.807) is 12.1 Å². The molecule has 1 aromatic rings. The highest BCUT2D eigenvalue weighted by molar-refractivity contribution is 5.94. The highest BCUT2D eigenvalue weighted by Gasteiger charge is 2.17. The minimum absolute atomic E-state index is 0.0857. The van der Waals surface area contributed by atoms with Gasteiger partial charge in [0.2, 0.25) is 0 Å². The van der Waals surface area contributed by atoms with E-state index in [9.17, 15) is 9.59 Å². The molecule has 0 radical (unpaired) electrons. The van der Waals surface area contributed by atoms with Crippen LogP contribution in [0.1, 0.15) is 68.1 Å².